The Kier molecular flexibility index (Phi) is 2.86. The number of nitrogens with zero attached hydrogens (tertiary/aromatic N) is 1. The monoisotopic (exact) mass is 219 g/mol. The summed E-state index contributed by atoms with van der Waals surface area (Å²) in [5.41, 5.74) is 3.82. The molecule has 0 aliphatic carbocycles. The van der Waals surface area contributed by atoms with Gasteiger partial charge in [0.25, 0.3) is 0 Å². The van der Waals surface area contributed by atoms with Crippen molar-refractivity contribution >= 4 is 11.7 Å². The molecule has 1 aliphatic heterocycles. The van der Waals surface area contributed by atoms with Crippen LogP contribution >= 0.6 is 0 Å². The first-order chi connectivity index (χ1) is 7.63. The Bertz CT molecular complexity index is 408. The van der Waals surface area contributed by atoms with Crippen molar-refractivity contribution in [3.05, 3.63) is 29.3 Å². The molecule has 1 fully saturated rings. The summed E-state index contributed by atoms with van der Waals surface area (Å²) in [6, 6.07) is 6.27. The van der Waals surface area contributed by atoms with Gasteiger partial charge in [0.2, 0.25) is 0 Å². The summed E-state index contributed by atoms with van der Waals surface area (Å²) < 4.78 is 4.73. The topological polar surface area (TPSA) is 29.5 Å². The molecule has 0 amide bonds. The van der Waals surface area contributed by atoms with Gasteiger partial charge in [-0.3, -0.25) is 4.79 Å². The number of hydrogen-bond acceptors (Lipinski definition) is 3. The Balaban J connectivity index is 2.07. The fourth-order valence-electron chi connectivity index (χ4n) is 2.07. The molecule has 0 saturated carbocycles. The van der Waals surface area contributed by atoms with E-state index >= 15 is 0 Å². The van der Waals surface area contributed by atoms with Crippen LogP contribution in [0.15, 0.2) is 18.2 Å². The molecule has 2 rings (SSSR count). The Morgan fingerprint density at radius 2 is 2.06 bits per heavy atom. The molecule has 0 atom stereocenters. The molecule has 1 saturated heterocycles. The summed E-state index contributed by atoms with van der Waals surface area (Å²) in [4.78, 5) is 13.5. The molecule has 0 N–H and O–H groups in total. The Hall–Kier alpha value is -1.51. The lowest BCUT2D eigenvalue weighted by atomic mass is 9.97. The average Bonchev–Trinajstić information content (AvgIpc) is 2.21. The molecule has 3 nitrogen and oxygen atoms in total. The maximum atomic E-state index is 11.3. The number of esters is 1. The van der Waals surface area contributed by atoms with Crippen molar-refractivity contribution in [1.29, 1.82) is 0 Å². The van der Waals surface area contributed by atoms with E-state index in [1.165, 1.54) is 23.9 Å². The van der Waals surface area contributed by atoms with Gasteiger partial charge in [-0.25, -0.2) is 0 Å². The van der Waals surface area contributed by atoms with Gasteiger partial charge in [0.15, 0.2) is 0 Å². The molecule has 0 bridgehead atoms. The molecule has 86 valence electrons. The highest BCUT2D eigenvalue weighted by Gasteiger charge is 2.34. The zero-order valence-corrected chi connectivity index (χ0v) is 9.99. The SMILES string of the molecule is COC(=O)C1CN(c2cccc(C)c2C)C1. The van der Waals surface area contributed by atoms with Crippen LogP contribution in [0.3, 0.4) is 0 Å². The fraction of sp³-hybridized carbons (Fsp3) is 0.462. The second kappa shape index (κ2) is 4.16. The van der Waals surface area contributed by atoms with Gasteiger partial charge < -0.3 is 9.64 Å². The number of carbonyl (C=O) groups excluding carboxylic acids is 1. The molecule has 0 aromatic heterocycles. The van der Waals surface area contributed by atoms with Gasteiger partial charge in [0.1, 0.15) is 0 Å². The van der Waals surface area contributed by atoms with Crippen LogP contribution in [0.5, 0.6) is 0 Å². The minimum Gasteiger partial charge on any atom is -0.469 e. The molecular weight excluding hydrogens is 202 g/mol. The molecule has 0 unspecified atom stereocenters. The van der Waals surface area contributed by atoms with E-state index in [0.717, 1.165) is 13.1 Å². The summed E-state index contributed by atoms with van der Waals surface area (Å²) in [7, 11) is 1.45. The summed E-state index contributed by atoms with van der Waals surface area (Å²) in [6.45, 7) is 5.78. The van der Waals surface area contributed by atoms with Crippen LogP contribution in [-0.2, 0) is 9.53 Å². The molecular formula is C13H17NO2. The van der Waals surface area contributed by atoms with Crippen LogP contribution in [0, 0.1) is 19.8 Å². The first-order valence-electron chi connectivity index (χ1n) is 5.52. The third-order valence-corrected chi connectivity index (χ3v) is 3.33. The van der Waals surface area contributed by atoms with Crippen LogP contribution in [0.25, 0.3) is 0 Å². The van der Waals surface area contributed by atoms with Gasteiger partial charge in [-0.05, 0) is 31.0 Å². The van der Waals surface area contributed by atoms with Gasteiger partial charge in [0, 0.05) is 18.8 Å². The standard InChI is InChI=1S/C13H17NO2/c1-9-5-4-6-12(10(9)2)14-7-11(8-14)13(15)16-3/h4-6,11H,7-8H2,1-3H3. The van der Waals surface area contributed by atoms with Gasteiger partial charge in [-0.15, -0.1) is 0 Å². The lowest BCUT2D eigenvalue weighted by Gasteiger charge is -2.40. The molecule has 3 heteroatoms. The van der Waals surface area contributed by atoms with Crippen molar-refractivity contribution in [2.45, 2.75) is 13.8 Å². The van der Waals surface area contributed by atoms with Crippen molar-refractivity contribution in [3.63, 3.8) is 0 Å². The number of carbonyl (C=O) groups is 1. The number of benzene rings is 1. The van der Waals surface area contributed by atoms with E-state index in [1.807, 2.05) is 0 Å². The highest BCUT2D eigenvalue weighted by Crippen LogP contribution is 2.29. The van der Waals surface area contributed by atoms with Crippen LogP contribution in [0.4, 0.5) is 5.69 Å². The minimum absolute atomic E-state index is 0.0462. The van der Waals surface area contributed by atoms with Crippen LogP contribution in [0.1, 0.15) is 11.1 Å². The van der Waals surface area contributed by atoms with Gasteiger partial charge in [0.05, 0.1) is 13.0 Å². The van der Waals surface area contributed by atoms with Gasteiger partial charge >= 0.3 is 5.97 Å². The van der Waals surface area contributed by atoms with Gasteiger partial charge in [-0.1, -0.05) is 12.1 Å². The molecule has 1 heterocycles. The number of methoxy groups -OCH3 is 1. The van der Waals surface area contributed by atoms with Crippen LogP contribution in [0.2, 0.25) is 0 Å². The maximum absolute atomic E-state index is 11.3. The largest absolute Gasteiger partial charge is 0.469 e. The third kappa shape index (κ3) is 1.77. The highest BCUT2D eigenvalue weighted by atomic mass is 16.5. The van der Waals surface area contributed by atoms with Crippen molar-refractivity contribution in [2.24, 2.45) is 5.92 Å². The predicted octanol–water partition coefficient (Wildman–Crippen LogP) is 1.91. The zero-order chi connectivity index (χ0) is 11.7. The molecule has 0 radical (unpaired) electrons. The van der Waals surface area contributed by atoms with Crippen LogP contribution in [-0.4, -0.2) is 26.2 Å². The number of anilines is 1. The molecule has 1 aromatic rings. The second-order valence-electron chi connectivity index (χ2n) is 4.34. The minimum atomic E-state index is -0.0958. The van der Waals surface area contributed by atoms with E-state index in [2.05, 4.69) is 36.9 Å². The first-order valence-corrected chi connectivity index (χ1v) is 5.52. The number of hydrogen-bond donors (Lipinski definition) is 0. The van der Waals surface area contributed by atoms with E-state index in [0.29, 0.717) is 0 Å². The molecule has 1 aliphatic rings. The second-order valence-corrected chi connectivity index (χ2v) is 4.34. The fourth-order valence-corrected chi connectivity index (χ4v) is 2.07. The quantitative estimate of drug-likeness (QED) is 0.712. The van der Waals surface area contributed by atoms with E-state index in [-0.39, 0.29) is 11.9 Å². The molecule has 16 heavy (non-hydrogen) atoms. The smallest absolute Gasteiger partial charge is 0.312 e. The number of ether oxygens (including phenoxy) is 1. The van der Waals surface area contributed by atoms with Gasteiger partial charge in [-0.2, -0.15) is 0 Å². The van der Waals surface area contributed by atoms with Crippen molar-refractivity contribution < 1.29 is 9.53 Å². The maximum Gasteiger partial charge on any atom is 0.312 e. The average molecular weight is 219 g/mol. The predicted molar refractivity (Wildman–Crippen MR) is 63.6 cm³/mol. The van der Waals surface area contributed by atoms with E-state index in [4.69, 9.17) is 4.74 Å². The van der Waals surface area contributed by atoms with Crippen molar-refractivity contribution in [2.75, 3.05) is 25.1 Å². The number of aryl methyl sites for hydroxylation is 1. The third-order valence-electron chi connectivity index (χ3n) is 3.33. The summed E-state index contributed by atoms with van der Waals surface area (Å²) in [6.07, 6.45) is 0. The van der Waals surface area contributed by atoms with Crippen molar-refractivity contribution in [3.8, 4) is 0 Å². The molecule has 1 aromatic carbocycles. The summed E-state index contributed by atoms with van der Waals surface area (Å²) in [5.74, 6) is -0.0496. The Morgan fingerprint density at radius 3 is 2.69 bits per heavy atom. The Labute approximate surface area is 96.0 Å². The lowest BCUT2D eigenvalue weighted by molar-refractivity contribution is -0.146. The molecule has 0 spiro atoms. The summed E-state index contributed by atoms with van der Waals surface area (Å²) >= 11 is 0. The lowest BCUT2D eigenvalue weighted by Crippen LogP contribution is -2.51. The zero-order valence-electron chi connectivity index (χ0n) is 9.99. The summed E-state index contributed by atoms with van der Waals surface area (Å²) in [5, 5.41) is 0. The Morgan fingerprint density at radius 1 is 1.38 bits per heavy atom. The van der Waals surface area contributed by atoms with E-state index in [1.54, 1.807) is 0 Å². The normalized spacial score (nSPS) is 15.8. The van der Waals surface area contributed by atoms with E-state index in [9.17, 15) is 4.79 Å². The number of rotatable bonds is 2. The van der Waals surface area contributed by atoms with Crippen LogP contribution < -0.4 is 4.90 Å². The highest BCUT2D eigenvalue weighted by molar-refractivity contribution is 5.77. The first kappa shape index (κ1) is 11.0. The van der Waals surface area contributed by atoms with Crippen molar-refractivity contribution in [1.82, 2.24) is 0 Å². The van der Waals surface area contributed by atoms with E-state index < -0.39 is 0 Å².